The van der Waals surface area contributed by atoms with Crippen molar-refractivity contribution in [2.75, 3.05) is 30.8 Å². The van der Waals surface area contributed by atoms with E-state index < -0.39 is 10.0 Å². The van der Waals surface area contributed by atoms with E-state index in [1.54, 1.807) is 31.4 Å². The molecule has 2 aromatic rings. The highest BCUT2D eigenvalue weighted by molar-refractivity contribution is 7.92. The summed E-state index contributed by atoms with van der Waals surface area (Å²) < 4.78 is 36.3. The molecular formula is C22H30N2O5S. The lowest BCUT2D eigenvalue weighted by atomic mass is 10.1. The molecule has 0 saturated heterocycles. The van der Waals surface area contributed by atoms with Gasteiger partial charge in [0.1, 0.15) is 11.5 Å². The van der Waals surface area contributed by atoms with Gasteiger partial charge >= 0.3 is 0 Å². The predicted octanol–water partition coefficient (Wildman–Crippen LogP) is 3.52. The first-order valence-electron chi connectivity index (χ1n) is 9.88. The van der Waals surface area contributed by atoms with Gasteiger partial charge in [-0.2, -0.15) is 0 Å². The van der Waals surface area contributed by atoms with Gasteiger partial charge in [-0.05, 0) is 62.2 Å². The minimum Gasteiger partial charge on any atom is -0.497 e. The van der Waals surface area contributed by atoms with Crippen LogP contribution in [0.2, 0.25) is 0 Å². The number of methoxy groups -OCH3 is 1. The van der Waals surface area contributed by atoms with Gasteiger partial charge in [-0.15, -0.1) is 0 Å². The molecule has 1 amide bonds. The molecule has 164 valence electrons. The van der Waals surface area contributed by atoms with E-state index in [1.807, 2.05) is 38.1 Å². The Morgan fingerprint density at radius 1 is 1.07 bits per heavy atom. The molecule has 0 aliphatic carbocycles. The van der Waals surface area contributed by atoms with Crippen LogP contribution < -0.4 is 19.1 Å². The lowest BCUT2D eigenvalue weighted by molar-refractivity contribution is -0.121. The van der Waals surface area contributed by atoms with Crippen molar-refractivity contribution in [2.24, 2.45) is 0 Å². The third kappa shape index (κ3) is 6.95. The lowest BCUT2D eigenvalue weighted by Gasteiger charge is -2.23. The Morgan fingerprint density at radius 2 is 1.67 bits per heavy atom. The molecule has 7 nitrogen and oxygen atoms in total. The summed E-state index contributed by atoms with van der Waals surface area (Å²) in [6.45, 7) is 4.55. The number of nitrogens with one attached hydrogen (secondary N) is 1. The van der Waals surface area contributed by atoms with Crippen LogP contribution in [0.15, 0.2) is 48.5 Å². The topological polar surface area (TPSA) is 84.9 Å². The van der Waals surface area contributed by atoms with Gasteiger partial charge in [-0.3, -0.25) is 9.10 Å². The van der Waals surface area contributed by atoms with Crippen molar-refractivity contribution in [1.82, 2.24) is 5.32 Å². The van der Waals surface area contributed by atoms with Crippen LogP contribution in [-0.2, 0) is 14.8 Å². The number of anilines is 1. The third-order valence-corrected chi connectivity index (χ3v) is 5.79. The highest BCUT2D eigenvalue weighted by Crippen LogP contribution is 2.22. The van der Waals surface area contributed by atoms with E-state index in [9.17, 15) is 13.2 Å². The Kier molecular flexibility index (Phi) is 8.53. The Bertz CT molecular complexity index is 912. The number of carbonyl (C=O) groups is 1. The summed E-state index contributed by atoms with van der Waals surface area (Å²) in [6, 6.07) is 14.2. The highest BCUT2D eigenvalue weighted by Gasteiger charge is 2.18. The molecule has 2 aromatic carbocycles. The molecule has 0 spiro atoms. The third-order valence-electron chi connectivity index (χ3n) is 4.59. The quantitative estimate of drug-likeness (QED) is 0.585. The molecule has 1 unspecified atom stereocenters. The van der Waals surface area contributed by atoms with E-state index in [0.29, 0.717) is 24.5 Å². The first-order valence-corrected chi connectivity index (χ1v) is 11.7. The van der Waals surface area contributed by atoms with E-state index in [-0.39, 0.29) is 24.9 Å². The number of ether oxygens (including phenoxy) is 2. The van der Waals surface area contributed by atoms with Gasteiger partial charge in [0.05, 0.1) is 31.7 Å². The van der Waals surface area contributed by atoms with Crippen LogP contribution >= 0.6 is 0 Å². The summed E-state index contributed by atoms with van der Waals surface area (Å²) in [5, 5.41) is 2.94. The maximum atomic E-state index is 12.3. The highest BCUT2D eigenvalue weighted by atomic mass is 32.2. The zero-order chi connectivity index (χ0) is 22.1. The molecular weight excluding hydrogens is 404 g/mol. The van der Waals surface area contributed by atoms with Gasteiger partial charge in [0.25, 0.3) is 0 Å². The molecule has 0 bridgehead atoms. The fraction of sp³-hybridized carbons (Fsp3) is 0.409. The molecule has 1 atom stereocenters. The summed E-state index contributed by atoms with van der Waals surface area (Å²) in [4.78, 5) is 12.3. The molecule has 8 heteroatoms. The normalized spacial score (nSPS) is 12.1. The zero-order valence-electron chi connectivity index (χ0n) is 17.9. The fourth-order valence-electron chi connectivity index (χ4n) is 3.03. The van der Waals surface area contributed by atoms with Crippen molar-refractivity contribution in [3.63, 3.8) is 0 Å². The Hall–Kier alpha value is -2.74. The number of rotatable bonds is 11. The maximum Gasteiger partial charge on any atom is 0.232 e. The number of sulfonamides is 1. The van der Waals surface area contributed by atoms with Gasteiger partial charge in [0.15, 0.2) is 0 Å². The molecule has 2 rings (SSSR count). The van der Waals surface area contributed by atoms with Crippen LogP contribution in [0, 0.1) is 0 Å². The fourth-order valence-corrected chi connectivity index (χ4v) is 4.00. The van der Waals surface area contributed by atoms with Crippen molar-refractivity contribution >= 4 is 21.6 Å². The molecule has 0 aromatic heterocycles. The number of amides is 1. The van der Waals surface area contributed by atoms with E-state index in [2.05, 4.69) is 5.32 Å². The van der Waals surface area contributed by atoms with Crippen molar-refractivity contribution in [3.8, 4) is 11.5 Å². The van der Waals surface area contributed by atoms with Crippen LogP contribution in [0.1, 0.15) is 38.3 Å². The van der Waals surface area contributed by atoms with Crippen LogP contribution in [0.25, 0.3) is 0 Å². The predicted molar refractivity (Wildman–Crippen MR) is 119 cm³/mol. The molecule has 1 N–H and O–H groups in total. The molecule has 0 aliphatic rings. The summed E-state index contributed by atoms with van der Waals surface area (Å²) in [5.41, 5.74) is 1.52. The number of benzene rings is 2. The maximum absolute atomic E-state index is 12.3. The van der Waals surface area contributed by atoms with Crippen molar-refractivity contribution in [1.29, 1.82) is 0 Å². The standard InChI is InChI=1S/C22H30N2O5S/c1-5-29-21-14-10-19(11-15-21)24(30(4,26)27)16-6-7-22(25)23-17(2)18-8-12-20(28-3)13-9-18/h8-15,17H,5-7,16H2,1-4H3,(H,23,25). The van der Waals surface area contributed by atoms with Crippen molar-refractivity contribution < 1.29 is 22.7 Å². The average molecular weight is 435 g/mol. The Balaban J connectivity index is 1.91. The van der Waals surface area contributed by atoms with E-state index >= 15 is 0 Å². The Morgan fingerprint density at radius 3 is 2.20 bits per heavy atom. The monoisotopic (exact) mass is 434 g/mol. The van der Waals surface area contributed by atoms with Gasteiger partial charge in [0.2, 0.25) is 15.9 Å². The van der Waals surface area contributed by atoms with Crippen LogP contribution in [0.3, 0.4) is 0 Å². The zero-order valence-corrected chi connectivity index (χ0v) is 18.7. The smallest absolute Gasteiger partial charge is 0.232 e. The van der Waals surface area contributed by atoms with E-state index in [4.69, 9.17) is 9.47 Å². The van der Waals surface area contributed by atoms with Crippen LogP contribution in [0.4, 0.5) is 5.69 Å². The second kappa shape index (κ2) is 10.9. The van der Waals surface area contributed by atoms with Gasteiger partial charge < -0.3 is 14.8 Å². The summed E-state index contributed by atoms with van der Waals surface area (Å²) in [7, 11) is -1.86. The summed E-state index contributed by atoms with van der Waals surface area (Å²) in [6.07, 6.45) is 1.79. The largest absolute Gasteiger partial charge is 0.497 e. The van der Waals surface area contributed by atoms with Gasteiger partial charge in [0, 0.05) is 13.0 Å². The Labute approximate surface area is 179 Å². The first-order chi connectivity index (χ1) is 14.2. The molecule has 0 heterocycles. The summed E-state index contributed by atoms with van der Waals surface area (Å²) >= 11 is 0. The second-order valence-corrected chi connectivity index (χ2v) is 8.83. The summed E-state index contributed by atoms with van der Waals surface area (Å²) in [5.74, 6) is 1.31. The molecule has 0 saturated carbocycles. The molecule has 0 aliphatic heterocycles. The minimum atomic E-state index is -3.46. The lowest BCUT2D eigenvalue weighted by Crippen LogP contribution is -2.32. The molecule has 0 radical (unpaired) electrons. The first kappa shape index (κ1) is 23.5. The SMILES string of the molecule is CCOc1ccc(N(CCCC(=O)NC(C)c2ccc(OC)cc2)S(C)(=O)=O)cc1. The van der Waals surface area contributed by atoms with E-state index in [1.165, 1.54) is 4.31 Å². The van der Waals surface area contributed by atoms with Crippen molar-refractivity contribution in [2.45, 2.75) is 32.7 Å². The molecule has 30 heavy (non-hydrogen) atoms. The number of hydrogen-bond acceptors (Lipinski definition) is 5. The van der Waals surface area contributed by atoms with Crippen LogP contribution in [0.5, 0.6) is 11.5 Å². The van der Waals surface area contributed by atoms with Crippen molar-refractivity contribution in [3.05, 3.63) is 54.1 Å². The van der Waals surface area contributed by atoms with Crippen LogP contribution in [-0.4, -0.2) is 40.8 Å². The number of carbonyl (C=O) groups excluding carboxylic acids is 1. The minimum absolute atomic E-state index is 0.126. The van der Waals surface area contributed by atoms with Gasteiger partial charge in [-0.1, -0.05) is 12.1 Å². The van der Waals surface area contributed by atoms with Gasteiger partial charge in [-0.25, -0.2) is 8.42 Å². The van der Waals surface area contributed by atoms with E-state index in [0.717, 1.165) is 17.6 Å². The number of nitrogens with zero attached hydrogens (tertiary/aromatic N) is 1. The number of hydrogen-bond donors (Lipinski definition) is 1. The average Bonchev–Trinajstić information content (AvgIpc) is 2.71. The molecule has 0 fully saturated rings. The second-order valence-electron chi connectivity index (χ2n) is 6.93.